The summed E-state index contributed by atoms with van der Waals surface area (Å²) < 4.78 is 0. The molecule has 12 heavy (non-hydrogen) atoms. The SMILES string of the molecule is CCC/C=C/C(=C\NC)NC=O. The van der Waals surface area contributed by atoms with Gasteiger partial charge in [0.05, 0.1) is 5.70 Å². The molecule has 0 aromatic rings. The van der Waals surface area contributed by atoms with Crippen molar-refractivity contribution in [1.29, 1.82) is 0 Å². The van der Waals surface area contributed by atoms with Crippen molar-refractivity contribution in [2.45, 2.75) is 19.8 Å². The maximum atomic E-state index is 10.1. The van der Waals surface area contributed by atoms with E-state index in [2.05, 4.69) is 17.6 Å². The maximum Gasteiger partial charge on any atom is 0.211 e. The van der Waals surface area contributed by atoms with Gasteiger partial charge in [0.1, 0.15) is 0 Å². The summed E-state index contributed by atoms with van der Waals surface area (Å²) in [6, 6.07) is 0. The molecule has 68 valence electrons. The third-order valence-electron chi connectivity index (χ3n) is 1.28. The van der Waals surface area contributed by atoms with E-state index in [4.69, 9.17) is 0 Å². The van der Waals surface area contributed by atoms with Gasteiger partial charge in [-0.2, -0.15) is 0 Å². The van der Waals surface area contributed by atoms with Gasteiger partial charge in [-0.25, -0.2) is 0 Å². The lowest BCUT2D eigenvalue weighted by atomic mass is 10.3. The first kappa shape index (κ1) is 10.8. The average molecular weight is 168 g/mol. The molecule has 0 rings (SSSR count). The summed E-state index contributed by atoms with van der Waals surface area (Å²) in [6.45, 7) is 2.11. The Bertz CT molecular complexity index is 173. The van der Waals surface area contributed by atoms with Crippen LogP contribution in [0.2, 0.25) is 0 Å². The molecule has 0 saturated heterocycles. The van der Waals surface area contributed by atoms with Crippen molar-refractivity contribution in [3.63, 3.8) is 0 Å². The van der Waals surface area contributed by atoms with Gasteiger partial charge in [0, 0.05) is 13.2 Å². The average Bonchev–Trinajstić information content (AvgIpc) is 2.06. The fraction of sp³-hybridized carbons (Fsp3) is 0.444. The first-order chi connectivity index (χ1) is 5.85. The summed E-state index contributed by atoms with van der Waals surface area (Å²) >= 11 is 0. The third kappa shape index (κ3) is 5.53. The standard InChI is InChI=1S/C9H16N2O/c1-3-4-5-6-9(7-10-2)11-8-12/h5-8,10H,3-4H2,1-2H3,(H,11,12)/b6-5+,9-7+. The molecule has 0 heterocycles. The van der Waals surface area contributed by atoms with Crippen LogP contribution in [0.15, 0.2) is 24.0 Å². The molecular formula is C9H16N2O. The Morgan fingerprint density at radius 1 is 1.50 bits per heavy atom. The Balaban J connectivity index is 3.94. The number of hydrogen-bond donors (Lipinski definition) is 2. The van der Waals surface area contributed by atoms with E-state index in [1.54, 1.807) is 13.2 Å². The van der Waals surface area contributed by atoms with Crippen LogP contribution in [0.5, 0.6) is 0 Å². The van der Waals surface area contributed by atoms with Crippen LogP contribution in [-0.4, -0.2) is 13.5 Å². The van der Waals surface area contributed by atoms with Crippen LogP contribution in [0.3, 0.4) is 0 Å². The molecule has 0 spiro atoms. The van der Waals surface area contributed by atoms with Crippen molar-refractivity contribution < 1.29 is 4.79 Å². The molecular weight excluding hydrogens is 152 g/mol. The van der Waals surface area contributed by atoms with E-state index in [-0.39, 0.29) is 0 Å². The van der Waals surface area contributed by atoms with Gasteiger partial charge in [-0.1, -0.05) is 19.4 Å². The lowest BCUT2D eigenvalue weighted by molar-refractivity contribution is -0.108. The van der Waals surface area contributed by atoms with Gasteiger partial charge in [0.2, 0.25) is 6.41 Å². The van der Waals surface area contributed by atoms with Gasteiger partial charge in [-0.3, -0.25) is 4.79 Å². The second kappa shape index (κ2) is 7.85. The zero-order valence-electron chi connectivity index (χ0n) is 7.63. The van der Waals surface area contributed by atoms with Crippen molar-refractivity contribution in [2.24, 2.45) is 0 Å². The first-order valence-corrected chi connectivity index (χ1v) is 4.09. The number of allylic oxidation sites excluding steroid dienone is 2. The van der Waals surface area contributed by atoms with Crippen LogP contribution in [0.4, 0.5) is 0 Å². The maximum absolute atomic E-state index is 10.1. The Morgan fingerprint density at radius 3 is 2.75 bits per heavy atom. The Hall–Kier alpha value is -1.25. The number of nitrogens with one attached hydrogen (secondary N) is 2. The highest BCUT2D eigenvalue weighted by molar-refractivity contribution is 5.51. The fourth-order valence-electron chi connectivity index (χ4n) is 0.738. The minimum atomic E-state index is 0.666. The summed E-state index contributed by atoms with van der Waals surface area (Å²) in [5.74, 6) is 0. The number of amides is 1. The number of hydrogen-bond acceptors (Lipinski definition) is 2. The third-order valence-corrected chi connectivity index (χ3v) is 1.28. The molecule has 0 aliphatic rings. The minimum absolute atomic E-state index is 0.666. The molecule has 0 atom stereocenters. The summed E-state index contributed by atoms with van der Waals surface area (Å²) in [5, 5.41) is 5.42. The number of carbonyl (C=O) groups is 1. The van der Waals surface area contributed by atoms with Gasteiger partial charge in [-0.05, 0) is 12.5 Å². The van der Waals surface area contributed by atoms with Crippen molar-refractivity contribution >= 4 is 6.41 Å². The fourth-order valence-corrected chi connectivity index (χ4v) is 0.738. The summed E-state index contributed by atoms with van der Waals surface area (Å²) in [4.78, 5) is 10.1. The van der Waals surface area contributed by atoms with Gasteiger partial charge in [0.15, 0.2) is 0 Å². The number of unbranched alkanes of at least 4 members (excludes halogenated alkanes) is 1. The van der Waals surface area contributed by atoms with Crippen LogP contribution >= 0.6 is 0 Å². The van der Waals surface area contributed by atoms with E-state index in [0.717, 1.165) is 18.5 Å². The Morgan fingerprint density at radius 2 is 2.25 bits per heavy atom. The highest BCUT2D eigenvalue weighted by Crippen LogP contribution is 1.93. The largest absolute Gasteiger partial charge is 0.392 e. The Labute approximate surface area is 73.5 Å². The molecule has 0 aromatic heterocycles. The predicted octanol–water partition coefficient (Wildman–Crippen LogP) is 1.15. The molecule has 3 nitrogen and oxygen atoms in total. The van der Waals surface area contributed by atoms with Crippen LogP contribution < -0.4 is 10.6 Å². The van der Waals surface area contributed by atoms with Crippen LogP contribution in [0.25, 0.3) is 0 Å². The molecule has 0 aliphatic heterocycles. The van der Waals surface area contributed by atoms with Crippen molar-refractivity contribution in [3.8, 4) is 0 Å². The molecule has 2 N–H and O–H groups in total. The van der Waals surface area contributed by atoms with E-state index in [0.29, 0.717) is 6.41 Å². The zero-order chi connectivity index (χ0) is 9.23. The molecule has 3 heteroatoms. The number of carbonyl (C=O) groups excluding carboxylic acids is 1. The van der Waals surface area contributed by atoms with Crippen LogP contribution in [0.1, 0.15) is 19.8 Å². The normalized spacial score (nSPS) is 11.7. The van der Waals surface area contributed by atoms with Crippen molar-refractivity contribution in [2.75, 3.05) is 7.05 Å². The lowest BCUT2D eigenvalue weighted by Gasteiger charge is -1.98. The Kier molecular flexibility index (Phi) is 7.03. The molecule has 0 unspecified atom stereocenters. The van der Waals surface area contributed by atoms with Crippen molar-refractivity contribution in [3.05, 3.63) is 24.0 Å². The van der Waals surface area contributed by atoms with Gasteiger partial charge >= 0.3 is 0 Å². The molecule has 0 bridgehead atoms. The summed E-state index contributed by atoms with van der Waals surface area (Å²) in [5.41, 5.74) is 0.779. The highest BCUT2D eigenvalue weighted by atomic mass is 16.1. The molecule has 0 radical (unpaired) electrons. The molecule has 0 aromatic carbocycles. The van der Waals surface area contributed by atoms with Gasteiger partial charge < -0.3 is 10.6 Å². The number of rotatable bonds is 6. The first-order valence-electron chi connectivity index (χ1n) is 4.09. The molecule has 1 amide bonds. The smallest absolute Gasteiger partial charge is 0.211 e. The second-order valence-corrected chi connectivity index (χ2v) is 2.34. The topological polar surface area (TPSA) is 41.1 Å². The quantitative estimate of drug-likeness (QED) is 0.461. The van der Waals surface area contributed by atoms with E-state index >= 15 is 0 Å². The van der Waals surface area contributed by atoms with Crippen molar-refractivity contribution in [1.82, 2.24) is 10.6 Å². The minimum Gasteiger partial charge on any atom is -0.392 e. The predicted molar refractivity (Wildman–Crippen MR) is 50.4 cm³/mol. The van der Waals surface area contributed by atoms with Gasteiger partial charge in [0.25, 0.3) is 0 Å². The second-order valence-electron chi connectivity index (χ2n) is 2.34. The highest BCUT2D eigenvalue weighted by Gasteiger charge is 1.85. The van der Waals surface area contributed by atoms with Gasteiger partial charge in [-0.15, -0.1) is 0 Å². The molecule has 0 saturated carbocycles. The zero-order valence-corrected chi connectivity index (χ0v) is 7.63. The molecule has 0 fully saturated rings. The van der Waals surface area contributed by atoms with Crippen LogP contribution in [-0.2, 0) is 4.79 Å². The van der Waals surface area contributed by atoms with Crippen LogP contribution in [0, 0.1) is 0 Å². The summed E-state index contributed by atoms with van der Waals surface area (Å²) in [6.07, 6.45) is 8.46. The molecule has 0 aliphatic carbocycles. The lowest BCUT2D eigenvalue weighted by Crippen LogP contribution is -2.11. The van der Waals surface area contributed by atoms with E-state index in [1.165, 1.54) is 0 Å². The van der Waals surface area contributed by atoms with E-state index in [1.807, 2.05) is 12.2 Å². The monoisotopic (exact) mass is 168 g/mol. The van der Waals surface area contributed by atoms with E-state index in [9.17, 15) is 4.79 Å². The van der Waals surface area contributed by atoms with E-state index < -0.39 is 0 Å². The summed E-state index contributed by atoms with van der Waals surface area (Å²) in [7, 11) is 1.79.